The number of hydrogen-bond acceptors (Lipinski definition) is 3. The van der Waals surface area contributed by atoms with Crippen molar-refractivity contribution in [3.8, 4) is 0 Å². The average molecular weight is 364 g/mol. The molecule has 4 nitrogen and oxygen atoms in total. The van der Waals surface area contributed by atoms with Gasteiger partial charge in [0, 0.05) is 10.9 Å². The molecule has 0 bridgehead atoms. The molecule has 2 N–H and O–H groups in total. The Balaban J connectivity index is 1.64. The second-order valence-electron chi connectivity index (χ2n) is 6.01. The number of thiophene rings is 1. The van der Waals surface area contributed by atoms with Gasteiger partial charge in [-0.05, 0) is 49.4 Å². The van der Waals surface area contributed by atoms with Gasteiger partial charge in [0.1, 0.15) is 11.6 Å². The second kappa shape index (κ2) is 7.74. The summed E-state index contributed by atoms with van der Waals surface area (Å²) in [4.78, 5) is 25.9. The monoisotopic (exact) mass is 364 g/mol. The molecule has 0 aliphatic heterocycles. The van der Waals surface area contributed by atoms with Gasteiger partial charge < -0.3 is 0 Å². The summed E-state index contributed by atoms with van der Waals surface area (Å²) in [5.74, 6) is -3.02. The van der Waals surface area contributed by atoms with Crippen LogP contribution in [0, 0.1) is 11.6 Å². The largest absolute Gasteiger partial charge is 0.279 e. The van der Waals surface area contributed by atoms with Crippen LogP contribution in [0.15, 0.2) is 24.3 Å². The number of halogens is 2. The Labute approximate surface area is 148 Å². The molecule has 0 radical (unpaired) electrons. The molecule has 1 aliphatic carbocycles. The van der Waals surface area contributed by atoms with Crippen molar-refractivity contribution in [1.29, 1.82) is 0 Å². The molecule has 1 aliphatic rings. The third-order valence-corrected chi connectivity index (χ3v) is 5.42. The van der Waals surface area contributed by atoms with E-state index in [0.29, 0.717) is 10.9 Å². The topological polar surface area (TPSA) is 58.2 Å². The van der Waals surface area contributed by atoms with Crippen LogP contribution >= 0.6 is 11.3 Å². The van der Waals surface area contributed by atoms with Gasteiger partial charge in [-0.15, -0.1) is 11.3 Å². The van der Waals surface area contributed by atoms with E-state index < -0.39 is 23.4 Å². The molecule has 0 atom stereocenters. The summed E-state index contributed by atoms with van der Waals surface area (Å²) in [6.45, 7) is 0. The summed E-state index contributed by atoms with van der Waals surface area (Å²) in [6.07, 6.45) is 6.58. The molecule has 2 aromatic rings. The number of rotatable bonds is 2. The highest BCUT2D eigenvalue weighted by atomic mass is 32.1. The minimum absolute atomic E-state index is 0.333. The Morgan fingerprint density at radius 2 is 1.64 bits per heavy atom. The van der Waals surface area contributed by atoms with Gasteiger partial charge in [-0.1, -0.05) is 12.8 Å². The fraction of sp³-hybridized carbons (Fsp3) is 0.333. The molecule has 0 fully saturated rings. The Hall–Kier alpha value is -2.28. The van der Waals surface area contributed by atoms with Crippen LogP contribution in [-0.2, 0) is 12.8 Å². The molecule has 1 aromatic heterocycles. The molecular formula is C18H18F2N2O2S. The first-order valence-electron chi connectivity index (χ1n) is 8.22. The van der Waals surface area contributed by atoms with Gasteiger partial charge in [-0.25, -0.2) is 8.78 Å². The summed E-state index contributed by atoms with van der Waals surface area (Å²) < 4.78 is 26.4. The van der Waals surface area contributed by atoms with Crippen LogP contribution < -0.4 is 10.9 Å². The van der Waals surface area contributed by atoms with Crippen molar-refractivity contribution in [3.63, 3.8) is 0 Å². The average Bonchev–Trinajstić information content (AvgIpc) is 2.94. The van der Waals surface area contributed by atoms with Crippen molar-refractivity contribution in [1.82, 2.24) is 10.9 Å². The first-order chi connectivity index (χ1) is 12.0. The number of aryl methyl sites for hydroxylation is 2. The Bertz CT molecular complexity index is 779. The Kier molecular flexibility index (Phi) is 5.43. The molecule has 1 aromatic carbocycles. The Morgan fingerprint density at radius 3 is 2.40 bits per heavy atom. The van der Waals surface area contributed by atoms with Gasteiger partial charge in [-0.3, -0.25) is 20.4 Å². The van der Waals surface area contributed by atoms with Crippen LogP contribution in [0.4, 0.5) is 8.78 Å². The normalized spacial score (nSPS) is 14.2. The summed E-state index contributed by atoms with van der Waals surface area (Å²) >= 11 is 1.43. The maximum atomic E-state index is 13.6. The fourth-order valence-corrected chi connectivity index (χ4v) is 4.02. The van der Waals surface area contributed by atoms with Gasteiger partial charge >= 0.3 is 0 Å². The van der Waals surface area contributed by atoms with Crippen molar-refractivity contribution < 1.29 is 18.4 Å². The molecule has 7 heteroatoms. The predicted molar refractivity (Wildman–Crippen MR) is 91.5 cm³/mol. The summed E-state index contributed by atoms with van der Waals surface area (Å²) in [7, 11) is 0. The third-order valence-electron chi connectivity index (χ3n) is 4.19. The van der Waals surface area contributed by atoms with E-state index in [1.54, 1.807) is 0 Å². The van der Waals surface area contributed by atoms with Crippen LogP contribution in [0.5, 0.6) is 0 Å². The molecular weight excluding hydrogens is 346 g/mol. The standard InChI is InChI=1S/C18H18F2N2O2S/c19-12-7-8-13(14(20)10-12)17(23)21-22-18(24)16-9-11-5-3-1-2-4-6-15(11)25-16/h7-10H,1-6H2,(H,21,23)(H,22,24). The molecule has 132 valence electrons. The number of carbonyl (C=O) groups is 2. The van der Waals surface area contributed by atoms with E-state index in [1.165, 1.54) is 34.6 Å². The number of hydrazine groups is 1. The van der Waals surface area contributed by atoms with Crippen molar-refractivity contribution in [2.24, 2.45) is 0 Å². The zero-order chi connectivity index (χ0) is 17.8. The van der Waals surface area contributed by atoms with E-state index in [0.717, 1.165) is 37.8 Å². The maximum Gasteiger partial charge on any atom is 0.279 e. The quantitative estimate of drug-likeness (QED) is 0.797. The lowest BCUT2D eigenvalue weighted by Crippen LogP contribution is -2.41. The van der Waals surface area contributed by atoms with Gasteiger partial charge in [0.15, 0.2) is 0 Å². The van der Waals surface area contributed by atoms with E-state index in [9.17, 15) is 18.4 Å². The lowest BCUT2D eigenvalue weighted by atomic mass is 10.00. The van der Waals surface area contributed by atoms with Crippen molar-refractivity contribution in [2.75, 3.05) is 0 Å². The molecule has 0 unspecified atom stereocenters. The zero-order valence-corrected chi connectivity index (χ0v) is 14.3. The predicted octanol–water partition coefficient (Wildman–Crippen LogP) is 3.76. The van der Waals surface area contributed by atoms with Crippen LogP contribution in [0.2, 0.25) is 0 Å². The molecule has 3 rings (SSSR count). The first kappa shape index (κ1) is 17.5. The minimum atomic E-state index is -0.981. The molecule has 0 spiro atoms. The smallest absolute Gasteiger partial charge is 0.267 e. The summed E-state index contributed by atoms with van der Waals surface area (Å²) in [5.41, 5.74) is 5.33. The molecule has 1 heterocycles. The van der Waals surface area contributed by atoms with Crippen LogP contribution in [-0.4, -0.2) is 11.8 Å². The zero-order valence-electron chi connectivity index (χ0n) is 13.5. The number of fused-ring (bicyclic) bond motifs is 1. The van der Waals surface area contributed by atoms with Crippen molar-refractivity contribution in [2.45, 2.75) is 38.5 Å². The number of nitrogens with one attached hydrogen (secondary N) is 2. The van der Waals surface area contributed by atoms with Gasteiger partial charge in [0.05, 0.1) is 10.4 Å². The van der Waals surface area contributed by atoms with Gasteiger partial charge in [0.2, 0.25) is 0 Å². The minimum Gasteiger partial charge on any atom is -0.267 e. The summed E-state index contributed by atoms with van der Waals surface area (Å²) in [5, 5.41) is 0. The third kappa shape index (κ3) is 4.22. The Morgan fingerprint density at radius 1 is 0.920 bits per heavy atom. The van der Waals surface area contributed by atoms with Crippen molar-refractivity contribution in [3.05, 3.63) is 56.8 Å². The second-order valence-corrected chi connectivity index (χ2v) is 7.14. The van der Waals surface area contributed by atoms with Crippen LogP contribution in [0.3, 0.4) is 0 Å². The molecule has 0 saturated heterocycles. The number of benzene rings is 1. The molecule has 25 heavy (non-hydrogen) atoms. The highest BCUT2D eigenvalue weighted by Crippen LogP contribution is 2.28. The maximum absolute atomic E-state index is 13.6. The SMILES string of the molecule is O=C(NNC(=O)c1ccc(F)cc1F)c1cc2c(s1)CCCCCC2. The number of hydrogen-bond donors (Lipinski definition) is 2. The highest BCUT2D eigenvalue weighted by molar-refractivity contribution is 7.14. The summed E-state index contributed by atoms with van der Waals surface area (Å²) in [6, 6.07) is 4.50. The first-order valence-corrected chi connectivity index (χ1v) is 9.03. The van der Waals surface area contributed by atoms with Crippen LogP contribution in [0.25, 0.3) is 0 Å². The van der Waals surface area contributed by atoms with E-state index in [-0.39, 0.29) is 5.56 Å². The molecule has 2 amide bonds. The number of carbonyl (C=O) groups excluding carboxylic acids is 2. The van der Waals surface area contributed by atoms with Crippen molar-refractivity contribution >= 4 is 23.2 Å². The van der Waals surface area contributed by atoms with Crippen LogP contribution in [0.1, 0.15) is 56.2 Å². The van der Waals surface area contributed by atoms with E-state index in [2.05, 4.69) is 10.9 Å². The molecule has 0 saturated carbocycles. The van der Waals surface area contributed by atoms with E-state index in [4.69, 9.17) is 0 Å². The number of amides is 2. The van der Waals surface area contributed by atoms with Gasteiger partial charge in [-0.2, -0.15) is 0 Å². The van der Waals surface area contributed by atoms with E-state index >= 15 is 0 Å². The lowest BCUT2D eigenvalue weighted by Gasteiger charge is -2.07. The fourth-order valence-electron chi connectivity index (χ4n) is 2.87. The highest BCUT2D eigenvalue weighted by Gasteiger charge is 2.17. The lowest BCUT2D eigenvalue weighted by molar-refractivity contribution is 0.0846. The van der Waals surface area contributed by atoms with Gasteiger partial charge in [0.25, 0.3) is 11.8 Å². The van der Waals surface area contributed by atoms with E-state index in [1.807, 2.05) is 6.07 Å².